The maximum absolute atomic E-state index is 10.8. The Kier molecular flexibility index (Phi) is 4.90. The summed E-state index contributed by atoms with van der Waals surface area (Å²) in [5.41, 5.74) is 0.875. The molecule has 1 heterocycles. The number of aryl methyl sites for hydroxylation is 1. The highest BCUT2D eigenvalue weighted by Gasteiger charge is 2.07. The van der Waals surface area contributed by atoms with Crippen molar-refractivity contribution in [2.24, 2.45) is 0 Å². The van der Waals surface area contributed by atoms with Crippen molar-refractivity contribution < 1.29 is 15.0 Å². The minimum atomic E-state index is -0.966. The predicted molar refractivity (Wildman–Crippen MR) is 65.3 cm³/mol. The number of anilines is 1. The molecule has 3 N–H and O–H groups in total. The quantitative estimate of drug-likeness (QED) is 0.702. The fourth-order valence-electron chi connectivity index (χ4n) is 1.45. The highest BCUT2D eigenvalue weighted by atomic mass is 16.4. The van der Waals surface area contributed by atoms with E-state index in [4.69, 9.17) is 5.11 Å². The van der Waals surface area contributed by atoms with Gasteiger partial charge in [0.2, 0.25) is 0 Å². The average Bonchev–Trinajstić information content (AvgIpc) is 2.28. The third-order valence-electron chi connectivity index (χ3n) is 2.46. The van der Waals surface area contributed by atoms with E-state index in [1.54, 1.807) is 6.92 Å². The third-order valence-corrected chi connectivity index (χ3v) is 2.46. The van der Waals surface area contributed by atoms with Gasteiger partial charge in [-0.2, -0.15) is 0 Å². The molecule has 0 bridgehead atoms. The van der Waals surface area contributed by atoms with Crippen LogP contribution in [0, 0.1) is 6.92 Å². The summed E-state index contributed by atoms with van der Waals surface area (Å²) in [7, 11) is 0. The van der Waals surface area contributed by atoms with E-state index in [2.05, 4.69) is 10.3 Å². The Labute approximate surface area is 101 Å². The SMILES string of the molecule is CCC(O)CCNc1cc(C(=O)O)cc(C)n1. The second-order valence-electron chi connectivity index (χ2n) is 3.97. The Morgan fingerprint density at radius 3 is 2.82 bits per heavy atom. The Morgan fingerprint density at radius 2 is 2.24 bits per heavy atom. The van der Waals surface area contributed by atoms with Crippen LogP contribution in [0.3, 0.4) is 0 Å². The standard InChI is InChI=1S/C12H18N2O3/c1-3-10(15)4-5-13-11-7-9(12(16)17)6-8(2)14-11/h6-7,10,15H,3-5H2,1-2H3,(H,13,14)(H,16,17). The van der Waals surface area contributed by atoms with Gasteiger partial charge < -0.3 is 15.5 Å². The summed E-state index contributed by atoms with van der Waals surface area (Å²) in [5.74, 6) is -0.433. The van der Waals surface area contributed by atoms with Crippen molar-refractivity contribution in [3.63, 3.8) is 0 Å². The van der Waals surface area contributed by atoms with Gasteiger partial charge in [-0.1, -0.05) is 6.92 Å². The molecule has 5 nitrogen and oxygen atoms in total. The molecular formula is C12H18N2O3. The van der Waals surface area contributed by atoms with Gasteiger partial charge in [-0.15, -0.1) is 0 Å². The molecule has 17 heavy (non-hydrogen) atoms. The molecule has 0 radical (unpaired) electrons. The molecule has 0 amide bonds. The molecule has 0 aliphatic rings. The number of carbonyl (C=O) groups is 1. The van der Waals surface area contributed by atoms with Crippen LogP contribution in [0.15, 0.2) is 12.1 Å². The zero-order valence-corrected chi connectivity index (χ0v) is 10.1. The highest BCUT2D eigenvalue weighted by molar-refractivity contribution is 5.88. The van der Waals surface area contributed by atoms with Crippen LogP contribution in [0.5, 0.6) is 0 Å². The summed E-state index contributed by atoms with van der Waals surface area (Å²) in [4.78, 5) is 15.0. The number of aliphatic hydroxyl groups excluding tert-OH is 1. The molecule has 0 fully saturated rings. The minimum absolute atomic E-state index is 0.219. The molecule has 0 spiro atoms. The molecular weight excluding hydrogens is 220 g/mol. The maximum atomic E-state index is 10.8. The van der Waals surface area contributed by atoms with E-state index < -0.39 is 5.97 Å². The molecule has 1 atom stereocenters. The smallest absolute Gasteiger partial charge is 0.335 e. The number of aromatic nitrogens is 1. The zero-order valence-electron chi connectivity index (χ0n) is 10.1. The number of aliphatic hydroxyl groups is 1. The van der Waals surface area contributed by atoms with Gasteiger partial charge >= 0.3 is 5.97 Å². The van der Waals surface area contributed by atoms with Crippen LogP contribution >= 0.6 is 0 Å². The molecule has 0 aliphatic carbocycles. The normalized spacial score (nSPS) is 12.2. The van der Waals surface area contributed by atoms with Crippen molar-refractivity contribution >= 4 is 11.8 Å². The Hall–Kier alpha value is -1.62. The number of carboxylic acids is 1. The van der Waals surface area contributed by atoms with Crippen LogP contribution in [-0.2, 0) is 0 Å². The van der Waals surface area contributed by atoms with Crippen molar-refractivity contribution in [2.45, 2.75) is 32.8 Å². The first-order valence-corrected chi connectivity index (χ1v) is 5.67. The fourth-order valence-corrected chi connectivity index (χ4v) is 1.45. The van der Waals surface area contributed by atoms with Crippen LogP contribution in [0.2, 0.25) is 0 Å². The van der Waals surface area contributed by atoms with Gasteiger partial charge in [0.05, 0.1) is 11.7 Å². The molecule has 0 aromatic carbocycles. The number of pyridine rings is 1. The van der Waals surface area contributed by atoms with E-state index in [1.807, 2.05) is 6.92 Å². The van der Waals surface area contributed by atoms with Gasteiger partial charge in [-0.05, 0) is 31.9 Å². The summed E-state index contributed by atoms with van der Waals surface area (Å²) in [6.07, 6.45) is 1.00. The zero-order chi connectivity index (χ0) is 12.8. The number of nitrogens with zero attached hydrogens (tertiary/aromatic N) is 1. The van der Waals surface area contributed by atoms with Gasteiger partial charge in [-0.25, -0.2) is 9.78 Å². The maximum Gasteiger partial charge on any atom is 0.335 e. The van der Waals surface area contributed by atoms with E-state index in [0.717, 1.165) is 0 Å². The number of carboxylic acid groups (broad SMARTS) is 1. The van der Waals surface area contributed by atoms with E-state index >= 15 is 0 Å². The number of rotatable bonds is 6. The van der Waals surface area contributed by atoms with E-state index in [0.29, 0.717) is 30.9 Å². The molecule has 94 valence electrons. The molecule has 1 aromatic rings. The van der Waals surface area contributed by atoms with E-state index in [-0.39, 0.29) is 11.7 Å². The third kappa shape index (κ3) is 4.40. The lowest BCUT2D eigenvalue weighted by atomic mass is 10.2. The Bertz CT molecular complexity index is 393. The van der Waals surface area contributed by atoms with Crippen LogP contribution in [0.25, 0.3) is 0 Å². The van der Waals surface area contributed by atoms with Gasteiger partial charge in [0.25, 0.3) is 0 Å². The van der Waals surface area contributed by atoms with Crippen molar-refractivity contribution in [3.8, 4) is 0 Å². The topological polar surface area (TPSA) is 82.5 Å². The van der Waals surface area contributed by atoms with Crippen LogP contribution in [0.4, 0.5) is 5.82 Å². The predicted octanol–water partition coefficient (Wildman–Crippen LogP) is 1.66. The monoisotopic (exact) mass is 238 g/mol. The Balaban J connectivity index is 2.62. The number of hydrogen-bond donors (Lipinski definition) is 3. The molecule has 5 heteroatoms. The molecule has 0 saturated heterocycles. The first-order chi connectivity index (χ1) is 8.02. The van der Waals surface area contributed by atoms with Gasteiger partial charge in [0.1, 0.15) is 5.82 Å². The first kappa shape index (κ1) is 13.4. The van der Waals surface area contributed by atoms with Crippen LogP contribution in [0.1, 0.15) is 35.8 Å². The number of nitrogens with one attached hydrogen (secondary N) is 1. The lowest BCUT2D eigenvalue weighted by Gasteiger charge is -2.10. The van der Waals surface area contributed by atoms with Crippen molar-refractivity contribution in [2.75, 3.05) is 11.9 Å². The Morgan fingerprint density at radius 1 is 1.53 bits per heavy atom. The van der Waals surface area contributed by atoms with Gasteiger partial charge in [-0.3, -0.25) is 0 Å². The summed E-state index contributed by atoms with van der Waals surface area (Å²) in [5, 5.41) is 21.3. The van der Waals surface area contributed by atoms with Crippen LogP contribution in [-0.4, -0.2) is 33.8 Å². The van der Waals surface area contributed by atoms with E-state index in [9.17, 15) is 9.90 Å². The molecule has 1 unspecified atom stereocenters. The fraction of sp³-hybridized carbons (Fsp3) is 0.500. The lowest BCUT2D eigenvalue weighted by molar-refractivity contribution is 0.0696. The lowest BCUT2D eigenvalue weighted by Crippen LogP contribution is -2.13. The molecule has 1 aromatic heterocycles. The highest BCUT2D eigenvalue weighted by Crippen LogP contribution is 2.10. The van der Waals surface area contributed by atoms with Crippen molar-refractivity contribution in [1.29, 1.82) is 0 Å². The van der Waals surface area contributed by atoms with Crippen molar-refractivity contribution in [3.05, 3.63) is 23.4 Å². The number of aromatic carboxylic acids is 1. The van der Waals surface area contributed by atoms with E-state index in [1.165, 1.54) is 12.1 Å². The second-order valence-corrected chi connectivity index (χ2v) is 3.97. The summed E-state index contributed by atoms with van der Waals surface area (Å²) in [6, 6.07) is 3.02. The minimum Gasteiger partial charge on any atom is -0.478 e. The molecule has 0 saturated carbocycles. The average molecular weight is 238 g/mol. The van der Waals surface area contributed by atoms with Crippen molar-refractivity contribution in [1.82, 2.24) is 4.98 Å². The first-order valence-electron chi connectivity index (χ1n) is 5.67. The second kappa shape index (κ2) is 6.20. The summed E-state index contributed by atoms with van der Waals surface area (Å²) < 4.78 is 0. The summed E-state index contributed by atoms with van der Waals surface area (Å²) >= 11 is 0. The summed E-state index contributed by atoms with van der Waals surface area (Å²) in [6.45, 7) is 4.24. The van der Waals surface area contributed by atoms with Crippen LogP contribution < -0.4 is 5.32 Å². The van der Waals surface area contributed by atoms with Gasteiger partial charge in [0, 0.05) is 12.2 Å². The van der Waals surface area contributed by atoms with Gasteiger partial charge in [0.15, 0.2) is 0 Å². The molecule has 1 rings (SSSR count). The largest absolute Gasteiger partial charge is 0.478 e. The molecule has 0 aliphatic heterocycles. The number of hydrogen-bond acceptors (Lipinski definition) is 4.